The lowest BCUT2D eigenvalue weighted by atomic mass is 10.1. The van der Waals surface area contributed by atoms with Crippen molar-refractivity contribution >= 4 is 5.97 Å². The fourth-order valence-corrected chi connectivity index (χ4v) is 1.64. The molecule has 0 aromatic carbocycles. The number of ether oxygens (including phenoxy) is 3. The van der Waals surface area contributed by atoms with Crippen LogP contribution in [0.5, 0.6) is 0 Å². The van der Waals surface area contributed by atoms with Crippen LogP contribution in [0.1, 0.15) is 13.8 Å². The molecule has 1 aliphatic rings. The predicted molar refractivity (Wildman–Crippen MR) is 50.8 cm³/mol. The van der Waals surface area contributed by atoms with E-state index < -0.39 is 12.2 Å². The van der Waals surface area contributed by atoms with Gasteiger partial charge in [0, 0.05) is 21.1 Å². The van der Waals surface area contributed by atoms with Gasteiger partial charge in [0.25, 0.3) is 0 Å². The highest BCUT2D eigenvalue weighted by atomic mass is 16.7. The van der Waals surface area contributed by atoms with Gasteiger partial charge >= 0.3 is 5.97 Å². The Hall–Kier alpha value is -0.690. The molecule has 15 heavy (non-hydrogen) atoms. The van der Waals surface area contributed by atoms with Gasteiger partial charge in [-0.05, 0) is 6.92 Å². The molecular weight excluding hydrogens is 202 g/mol. The molecule has 1 saturated heterocycles. The first-order valence-electron chi connectivity index (χ1n) is 4.74. The first-order chi connectivity index (χ1) is 7.10. The Morgan fingerprint density at radius 2 is 1.87 bits per heavy atom. The maximum absolute atomic E-state index is 10.6. The molecule has 88 valence electrons. The molecular formula is C9H17NO5. The van der Waals surface area contributed by atoms with Crippen LogP contribution in [0.4, 0.5) is 0 Å². The molecule has 0 bridgehead atoms. The van der Waals surface area contributed by atoms with Crippen molar-refractivity contribution in [2.24, 2.45) is 0 Å². The van der Waals surface area contributed by atoms with Crippen molar-refractivity contribution in [1.29, 1.82) is 0 Å². The van der Waals surface area contributed by atoms with E-state index >= 15 is 0 Å². The number of hydroxylamine groups is 1. The van der Waals surface area contributed by atoms with Crippen LogP contribution in [0, 0.1) is 0 Å². The summed E-state index contributed by atoms with van der Waals surface area (Å²) in [6.07, 6.45) is -1.10. The van der Waals surface area contributed by atoms with Crippen molar-refractivity contribution in [3.05, 3.63) is 0 Å². The highest BCUT2D eigenvalue weighted by Gasteiger charge is 2.43. The highest BCUT2D eigenvalue weighted by molar-refractivity contribution is 5.65. The SMILES string of the molecule is CO[C@@H]1[C@H](OC)[C@@H](C)O[C@H]1NOC(C)=O. The number of rotatable bonds is 4. The van der Waals surface area contributed by atoms with Crippen LogP contribution in [-0.2, 0) is 23.8 Å². The monoisotopic (exact) mass is 219 g/mol. The summed E-state index contributed by atoms with van der Waals surface area (Å²) in [6.45, 7) is 3.18. The van der Waals surface area contributed by atoms with Gasteiger partial charge in [0.15, 0.2) is 6.23 Å². The number of methoxy groups -OCH3 is 2. The zero-order valence-corrected chi connectivity index (χ0v) is 9.35. The fourth-order valence-electron chi connectivity index (χ4n) is 1.64. The summed E-state index contributed by atoms with van der Waals surface area (Å²) in [7, 11) is 3.14. The van der Waals surface area contributed by atoms with Gasteiger partial charge in [-0.3, -0.25) is 4.79 Å². The fraction of sp³-hybridized carbons (Fsp3) is 0.889. The van der Waals surface area contributed by atoms with Crippen molar-refractivity contribution in [2.75, 3.05) is 14.2 Å². The number of nitrogens with one attached hydrogen (secondary N) is 1. The Morgan fingerprint density at radius 1 is 1.27 bits per heavy atom. The molecule has 4 atom stereocenters. The molecule has 1 fully saturated rings. The summed E-state index contributed by atoms with van der Waals surface area (Å²) in [5.41, 5.74) is 2.50. The van der Waals surface area contributed by atoms with Gasteiger partial charge < -0.3 is 19.0 Å². The quantitative estimate of drug-likeness (QED) is 0.662. The van der Waals surface area contributed by atoms with E-state index in [4.69, 9.17) is 14.2 Å². The van der Waals surface area contributed by atoms with E-state index in [1.807, 2.05) is 6.92 Å². The van der Waals surface area contributed by atoms with Crippen LogP contribution in [0.2, 0.25) is 0 Å². The summed E-state index contributed by atoms with van der Waals surface area (Å²) in [4.78, 5) is 15.3. The lowest BCUT2D eigenvalue weighted by molar-refractivity contribution is -0.164. The third kappa shape index (κ3) is 2.88. The Kier molecular flexibility index (Phi) is 4.46. The minimum absolute atomic E-state index is 0.118. The molecule has 0 aromatic heterocycles. The van der Waals surface area contributed by atoms with Crippen LogP contribution in [0.3, 0.4) is 0 Å². The molecule has 0 radical (unpaired) electrons. The topological polar surface area (TPSA) is 66.0 Å². The standard InChI is InChI=1S/C9H17NO5/c1-5-7(12-3)8(13-4)9(14-5)10-15-6(2)11/h5,7-10H,1-4H3/t5-,7-,8-,9-/m1/s1. The van der Waals surface area contributed by atoms with E-state index in [-0.39, 0.29) is 18.3 Å². The minimum atomic E-state index is -0.501. The van der Waals surface area contributed by atoms with Gasteiger partial charge in [0.05, 0.1) is 6.10 Å². The van der Waals surface area contributed by atoms with E-state index in [1.165, 1.54) is 6.92 Å². The summed E-state index contributed by atoms with van der Waals surface area (Å²) < 4.78 is 15.9. The second kappa shape index (κ2) is 5.41. The number of carbonyl (C=O) groups is 1. The Balaban J connectivity index is 2.54. The third-order valence-electron chi connectivity index (χ3n) is 2.31. The minimum Gasteiger partial charge on any atom is -0.376 e. The zero-order chi connectivity index (χ0) is 11.4. The average molecular weight is 219 g/mol. The number of carbonyl (C=O) groups excluding carboxylic acids is 1. The van der Waals surface area contributed by atoms with E-state index in [9.17, 15) is 4.79 Å². The van der Waals surface area contributed by atoms with E-state index in [1.54, 1.807) is 14.2 Å². The number of hydrogen-bond acceptors (Lipinski definition) is 6. The summed E-state index contributed by atoms with van der Waals surface area (Å²) in [5.74, 6) is -0.429. The maximum Gasteiger partial charge on any atom is 0.321 e. The first-order valence-corrected chi connectivity index (χ1v) is 4.74. The van der Waals surface area contributed by atoms with Crippen molar-refractivity contribution in [2.45, 2.75) is 38.4 Å². The average Bonchev–Trinajstić information content (AvgIpc) is 2.50. The first kappa shape index (κ1) is 12.4. The van der Waals surface area contributed by atoms with Crippen LogP contribution < -0.4 is 5.48 Å². The molecule has 0 unspecified atom stereocenters. The third-order valence-corrected chi connectivity index (χ3v) is 2.31. The molecule has 1 aliphatic heterocycles. The Labute approximate surface area is 88.8 Å². The van der Waals surface area contributed by atoms with Gasteiger partial charge in [-0.25, -0.2) is 0 Å². The van der Waals surface area contributed by atoms with E-state index in [2.05, 4.69) is 10.3 Å². The van der Waals surface area contributed by atoms with Crippen molar-refractivity contribution in [3.63, 3.8) is 0 Å². The van der Waals surface area contributed by atoms with Crippen molar-refractivity contribution in [3.8, 4) is 0 Å². The molecule has 1 N–H and O–H groups in total. The molecule has 0 aromatic rings. The lowest BCUT2D eigenvalue weighted by Gasteiger charge is -2.20. The van der Waals surface area contributed by atoms with Crippen molar-refractivity contribution < 1.29 is 23.8 Å². The summed E-state index contributed by atoms with van der Waals surface area (Å²) >= 11 is 0. The Bertz CT molecular complexity index is 223. The van der Waals surface area contributed by atoms with Crippen LogP contribution in [-0.4, -0.2) is 44.7 Å². The molecule has 0 amide bonds. The highest BCUT2D eigenvalue weighted by Crippen LogP contribution is 2.23. The largest absolute Gasteiger partial charge is 0.376 e. The lowest BCUT2D eigenvalue weighted by Crippen LogP contribution is -2.43. The van der Waals surface area contributed by atoms with Crippen LogP contribution in [0.25, 0.3) is 0 Å². The second-order valence-electron chi connectivity index (χ2n) is 3.37. The van der Waals surface area contributed by atoms with Crippen LogP contribution >= 0.6 is 0 Å². The molecule has 6 nitrogen and oxygen atoms in total. The van der Waals surface area contributed by atoms with E-state index in [0.29, 0.717) is 0 Å². The Morgan fingerprint density at radius 3 is 2.33 bits per heavy atom. The molecule has 0 saturated carbocycles. The molecule has 0 aliphatic carbocycles. The predicted octanol–water partition coefficient (Wildman–Crippen LogP) is -0.171. The second-order valence-corrected chi connectivity index (χ2v) is 3.37. The molecule has 0 spiro atoms. The number of hydrogen-bond donors (Lipinski definition) is 1. The van der Waals surface area contributed by atoms with Gasteiger partial charge in [0.2, 0.25) is 0 Å². The molecule has 1 rings (SSSR count). The molecule has 6 heteroatoms. The van der Waals surface area contributed by atoms with Gasteiger partial charge in [-0.2, -0.15) is 0 Å². The van der Waals surface area contributed by atoms with E-state index in [0.717, 1.165) is 0 Å². The van der Waals surface area contributed by atoms with Crippen molar-refractivity contribution in [1.82, 2.24) is 5.48 Å². The summed E-state index contributed by atoms with van der Waals surface area (Å²) in [5, 5.41) is 0. The van der Waals surface area contributed by atoms with Gasteiger partial charge in [-0.15, -0.1) is 5.48 Å². The van der Waals surface area contributed by atoms with Gasteiger partial charge in [-0.1, -0.05) is 0 Å². The zero-order valence-electron chi connectivity index (χ0n) is 9.35. The van der Waals surface area contributed by atoms with Crippen LogP contribution in [0.15, 0.2) is 0 Å². The normalized spacial score (nSPS) is 35.5. The maximum atomic E-state index is 10.6. The van der Waals surface area contributed by atoms with Gasteiger partial charge in [0.1, 0.15) is 12.2 Å². The molecule has 1 heterocycles. The summed E-state index contributed by atoms with van der Waals surface area (Å²) in [6, 6.07) is 0. The smallest absolute Gasteiger partial charge is 0.321 e.